The van der Waals surface area contributed by atoms with Gasteiger partial charge in [0.2, 0.25) is 5.91 Å². The maximum Gasteiger partial charge on any atom is 0.222 e. The van der Waals surface area contributed by atoms with Crippen molar-refractivity contribution in [1.29, 1.82) is 0 Å². The molecule has 0 aromatic heterocycles. The second-order valence-corrected chi connectivity index (χ2v) is 4.01. The Morgan fingerprint density at radius 2 is 1.86 bits per heavy atom. The van der Waals surface area contributed by atoms with Crippen LogP contribution in [0.25, 0.3) is 0 Å². The fraction of sp³-hybridized carbons (Fsp3) is 0.909. The summed E-state index contributed by atoms with van der Waals surface area (Å²) < 4.78 is 0. The van der Waals surface area contributed by atoms with Crippen LogP contribution in [0.1, 0.15) is 40.5 Å². The van der Waals surface area contributed by atoms with E-state index in [2.05, 4.69) is 5.32 Å². The van der Waals surface area contributed by atoms with Crippen LogP contribution < -0.4 is 5.32 Å². The Morgan fingerprint density at radius 1 is 1.29 bits per heavy atom. The highest BCUT2D eigenvalue weighted by atomic mass is 16.3. The number of hydrogen-bond donors (Lipinski definition) is 2. The van der Waals surface area contributed by atoms with Crippen LogP contribution in [0.4, 0.5) is 0 Å². The molecule has 0 fully saturated rings. The predicted octanol–water partition coefficient (Wildman–Crippen LogP) is 1.56. The van der Waals surface area contributed by atoms with Crippen LogP contribution >= 0.6 is 0 Å². The minimum absolute atomic E-state index is 0.0369. The maximum atomic E-state index is 11.4. The van der Waals surface area contributed by atoms with Crippen LogP contribution in [0.5, 0.6) is 0 Å². The SMILES string of the molecule is CC[C@@H](C)[C@H](O)CNC(=O)[C@@H](C)CC. The summed E-state index contributed by atoms with van der Waals surface area (Å²) in [5.74, 6) is 0.321. The quantitative estimate of drug-likeness (QED) is 0.685. The molecule has 0 aliphatic rings. The molecule has 0 unspecified atom stereocenters. The summed E-state index contributed by atoms with van der Waals surface area (Å²) in [5.41, 5.74) is 0. The predicted molar refractivity (Wildman–Crippen MR) is 57.9 cm³/mol. The van der Waals surface area contributed by atoms with Gasteiger partial charge in [0.25, 0.3) is 0 Å². The van der Waals surface area contributed by atoms with E-state index in [1.165, 1.54) is 0 Å². The van der Waals surface area contributed by atoms with E-state index in [-0.39, 0.29) is 17.7 Å². The van der Waals surface area contributed by atoms with Gasteiger partial charge in [-0.15, -0.1) is 0 Å². The molecule has 1 amide bonds. The van der Waals surface area contributed by atoms with Crippen molar-refractivity contribution in [3.63, 3.8) is 0 Å². The lowest BCUT2D eigenvalue weighted by atomic mass is 10.0. The second kappa shape index (κ2) is 6.82. The van der Waals surface area contributed by atoms with Crippen LogP contribution in [0.2, 0.25) is 0 Å². The molecule has 0 saturated heterocycles. The van der Waals surface area contributed by atoms with E-state index in [0.717, 1.165) is 12.8 Å². The van der Waals surface area contributed by atoms with Crippen molar-refractivity contribution in [3.8, 4) is 0 Å². The van der Waals surface area contributed by atoms with Gasteiger partial charge in [0.15, 0.2) is 0 Å². The van der Waals surface area contributed by atoms with E-state index in [0.29, 0.717) is 6.54 Å². The summed E-state index contributed by atoms with van der Waals surface area (Å²) in [6.45, 7) is 8.27. The molecule has 0 aromatic carbocycles. The zero-order valence-electron chi connectivity index (χ0n) is 9.71. The molecular formula is C11H23NO2. The lowest BCUT2D eigenvalue weighted by molar-refractivity contribution is -0.125. The largest absolute Gasteiger partial charge is 0.391 e. The van der Waals surface area contributed by atoms with Crippen LogP contribution in [0.15, 0.2) is 0 Å². The molecule has 0 aliphatic heterocycles. The molecule has 0 heterocycles. The first kappa shape index (κ1) is 13.4. The van der Waals surface area contributed by atoms with Gasteiger partial charge in [-0.05, 0) is 12.3 Å². The third-order valence-electron chi connectivity index (χ3n) is 2.85. The van der Waals surface area contributed by atoms with Gasteiger partial charge < -0.3 is 10.4 Å². The van der Waals surface area contributed by atoms with Crippen molar-refractivity contribution in [1.82, 2.24) is 5.32 Å². The minimum Gasteiger partial charge on any atom is -0.391 e. The molecule has 14 heavy (non-hydrogen) atoms. The Morgan fingerprint density at radius 3 is 2.29 bits per heavy atom. The monoisotopic (exact) mass is 201 g/mol. The maximum absolute atomic E-state index is 11.4. The number of carbonyl (C=O) groups excluding carboxylic acids is 1. The lowest BCUT2D eigenvalue weighted by Gasteiger charge is -2.18. The van der Waals surface area contributed by atoms with Gasteiger partial charge in [-0.2, -0.15) is 0 Å². The Bertz CT molecular complexity index is 171. The number of amides is 1. The Hall–Kier alpha value is -0.570. The van der Waals surface area contributed by atoms with Crippen molar-refractivity contribution >= 4 is 5.91 Å². The third-order valence-corrected chi connectivity index (χ3v) is 2.85. The number of aliphatic hydroxyl groups excluding tert-OH is 1. The first-order chi connectivity index (χ1) is 6.52. The van der Waals surface area contributed by atoms with Gasteiger partial charge in [-0.3, -0.25) is 4.79 Å². The first-order valence-corrected chi connectivity index (χ1v) is 5.48. The fourth-order valence-corrected chi connectivity index (χ4v) is 1.04. The molecule has 2 N–H and O–H groups in total. The van der Waals surface area contributed by atoms with E-state index in [1.807, 2.05) is 27.7 Å². The van der Waals surface area contributed by atoms with Gasteiger partial charge in [-0.25, -0.2) is 0 Å². The van der Waals surface area contributed by atoms with Crippen LogP contribution in [0.3, 0.4) is 0 Å². The summed E-state index contributed by atoms with van der Waals surface area (Å²) in [6.07, 6.45) is 1.35. The molecule has 0 saturated carbocycles. The molecule has 0 bridgehead atoms. The molecule has 3 atom stereocenters. The Labute approximate surface area is 86.9 Å². The smallest absolute Gasteiger partial charge is 0.222 e. The van der Waals surface area contributed by atoms with Crippen LogP contribution in [-0.2, 0) is 4.79 Å². The average Bonchev–Trinajstić information content (AvgIpc) is 2.22. The van der Waals surface area contributed by atoms with Crippen LogP contribution in [-0.4, -0.2) is 23.7 Å². The van der Waals surface area contributed by atoms with Crippen molar-refractivity contribution in [2.24, 2.45) is 11.8 Å². The molecule has 0 spiro atoms. The lowest BCUT2D eigenvalue weighted by Crippen LogP contribution is -2.37. The molecule has 0 aliphatic carbocycles. The van der Waals surface area contributed by atoms with Gasteiger partial charge in [-0.1, -0.05) is 34.1 Å². The van der Waals surface area contributed by atoms with Gasteiger partial charge in [0.1, 0.15) is 0 Å². The van der Waals surface area contributed by atoms with Gasteiger partial charge in [0, 0.05) is 12.5 Å². The average molecular weight is 201 g/mol. The molecule has 0 aromatic rings. The summed E-state index contributed by atoms with van der Waals surface area (Å²) >= 11 is 0. The van der Waals surface area contributed by atoms with Crippen molar-refractivity contribution in [3.05, 3.63) is 0 Å². The second-order valence-electron chi connectivity index (χ2n) is 4.01. The number of nitrogens with one attached hydrogen (secondary N) is 1. The highest BCUT2D eigenvalue weighted by Crippen LogP contribution is 2.06. The zero-order chi connectivity index (χ0) is 11.1. The van der Waals surface area contributed by atoms with Crippen molar-refractivity contribution < 1.29 is 9.90 Å². The minimum atomic E-state index is -0.423. The Kier molecular flexibility index (Phi) is 6.54. The molecule has 84 valence electrons. The molecular weight excluding hydrogens is 178 g/mol. The van der Waals surface area contributed by atoms with Crippen molar-refractivity contribution in [2.75, 3.05) is 6.54 Å². The van der Waals surface area contributed by atoms with Gasteiger partial charge >= 0.3 is 0 Å². The number of carbonyl (C=O) groups is 1. The zero-order valence-corrected chi connectivity index (χ0v) is 9.71. The molecule has 3 nitrogen and oxygen atoms in total. The van der Waals surface area contributed by atoms with Crippen LogP contribution in [0, 0.1) is 11.8 Å². The fourth-order valence-electron chi connectivity index (χ4n) is 1.04. The molecule has 0 rings (SSSR count). The normalized spacial score (nSPS) is 17.2. The van der Waals surface area contributed by atoms with E-state index in [9.17, 15) is 9.90 Å². The molecule has 3 heteroatoms. The summed E-state index contributed by atoms with van der Waals surface area (Å²) in [7, 11) is 0. The standard InChI is InChI=1S/C11H23NO2/c1-5-8(3)10(13)7-12-11(14)9(4)6-2/h8-10,13H,5-7H2,1-4H3,(H,12,14)/t8-,9+,10-/m1/s1. The topological polar surface area (TPSA) is 49.3 Å². The number of aliphatic hydroxyl groups is 1. The molecule has 0 radical (unpaired) electrons. The summed E-state index contributed by atoms with van der Waals surface area (Å²) in [5, 5.41) is 12.4. The third kappa shape index (κ3) is 4.61. The first-order valence-electron chi connectivity index (χ1n) is 5.48. The van der Waals surface area contributed by atoms with E-state index < -0.39 is 6.10 Å². The van der Waals surface area contributed by atoms with E-state index >= 15 is 0 Å². The Balaban J connectivity index is 3.77. The van der Waals surface area contributed by atoms with Crippen molar-refractivity contribution in [2.45, 2.75) is 46.6 Å². The van der Waals surface area contributed by atoms with E-state index in [1.54, 1.807) is 0 Å². The number of hydrogen-bond acceptors (Lipinski definition) is 2. The summed E-state index contributed by atoms with van der Waals surface area (Å²) in [4.78, 5) is 11.4. The highest BCUT2D eigenvalue weighted by molar-refractivity contribution is 5.78. The summed E-state index contributed by atoms with van der Waals surface area (Å²) in [6, 6.07) is 0. The number of rotatable bonds is 6. The highest BCUT2D eigenvalue weighted by Gasteiger charge is 2.15. The van der Waals surface area contributed by atoms with Gasteiger partial charge in [0.05, 0.1) is 6.10 Å². The van der Waals surface area contributed by atoms with E-state index in [4.69, 9.17) is 0 Å².